The molecule has 10 nitrogen and oxygen atoms in total. The summed E-state index contributed by atoms with van der Waals surface area (Å²) in [6, 6.07) is 1.43. The van der Waals surface area contributed by atoms with E-state index in [1.165, 1.54) is 7.11 Å². The molecule has 1 atom stereocenters. The molecule has 0 aliphatic heterocycles. The van der Waals surface area contributed by atoms with Crippen molar-refractivity contribution in [3.05, 3.63) is 60.2 Å². The quantitative estimate of drug-likeness (QED) is 0.391. The van der Waals surface area contributed by atoms with Gasteiger partial charge in [-0.3, -0.25) is 5.10 Å². The minimum Gasteiger partial charge on any atom is -0.495 e. The number of aromatic amines is 1. The Bertz CT molecular complexity index is 1410. The number of benzene rings is 1. The molecule has 170 valence electrons. The Balaban J connectivity index is 1.75. The van der Waals surface area contributed by atoms with E-state index in [2.05, 4.69) is 20.2 Å². The van der Waals surface area contributed by atoms with E-state index in [4.69, 9.17) is 26.1 Å². The van der Waals surface area contributed by atoms with Crippen molar-refractivity contribution in [2.45, 2.75) is 6.04 Å². The van der Waals surface area contributed by atoms with Gasteiger partial charge in [0.15, 0.2) is 17.5 Å². The minimum absolute atomic E-state index is 0.0923. The first-order valence-electron chi connectivity index (χ1n) is 9.96. The van der Waals surface area contributed by atoms with Crippen molar-refractivity contribution in [2.75, 3.05) is 20.8 Å². The van der Waals surface area contributed by atoms with Crippen LogP contribution in [0, 0.1) is 5.82 Å². The van der Waals surface area contributed by atoms with E-state index in [9.17, 15) is 0 Å². The normalized spacial score (nSPS) is 12.5. The number of imidazole rings is 2. The number of hydrogen-bond acceptors (Lipinski definition) is 6. The van der Waals surface area contributed by atoms with Gasteiger partial charge in [-0.05, 0) is 6.07 Å². The van der Waals surface area contributed by atoms with E-state index in [0.29, 0.717) is 40.5 Å². The van der Waals surface area contributed by atoms with Gasteiger partial charge in [0.05, 0.1) is 37.6 Å². The Morgan fingerprint density at radius 3 is 2.64 bits per heavy atom. The zero-order valence-electron chi connectivity index (χ0n) is 18.0. The molecule has 1 unspecified atom stereocenters. The standard InChI is InChI=1S/C21H20ClFN8O2/c1-29-17-12(8-14(33-3)15(22)16(17)23)18(31-7-5-25-11-31)19(29)21-26-20(27-28-21)13(9-32-2)30-6-4-24-10-30/h4-8,10-11,13H,9H2,1-3H3,(H,26,27,28). The molecule has 0 aliphatic rings. The molecule has 5 rings (SSSR count). The number of fused-ring (bicyclic) bond motifs is 1. The maximum absolute atomic E-state index is 15.3. The lowest BCUT2D eigenvalue weighted by atomic mass is 10.2. The van der Waals surface area contributed by atoms with Crippen molar-refractivity contribution < 1.29 is 13.9 Å². The summed E-state index contributed by atoms with van der Waals surface area (Å²) in [7, 11) is 4.80. The van der Waals surface area contributed by atoms with Crippen LogP contribution >= 0.6 is 11.6 Å². The number of ether oxygens (including phenoxy) is 2. The molecule has 5 aromatic rings. The highest BCUT2D eigenvalue weighted by Crippen LogP contribution is 2.41. The fraction of sp³-hybridized carbons (Fsp3) is 0.238. The van der Waals surface area contributed by atoms with Gasteiger partial charge < -0.3 is 23.2 Å². The van der Waals surface area contributed by atoms with Gasteiger partial charge in [-0.2, -0.15) is 5.10 Å². The van der Waals surface area contributed by atoms with Crippen LogP contribution in [0.15, 0.2) is 43.5 Å². The molecule has 4 aromatic heterocycles. The van der Waals surface area contributed by atoms with Crippen molar-refractivity contribution in [1.29, 1.82) is 0 Å². The SMILES string of the molecule is COCC(c1nc(-c2c(-n3ccnc3)c3cc(OC)c(Cl)c(F)c3n2C)n[nH]1)n1ccnc1. The second-order valence-corrected chi connectivity index (χ2v) is 7.73. The number of halogens is 2. The van der Waals surface area contributed by atoms with Crippen LogP contribution in [0.2, 0.25) is 5.02 Å². The van der Waals surface area contributed by atoms with Gasteiger partial charge in [0.25, 0.3) is 0 Å². The lowest BCUT2D eigenvalue weighted by Gasteiger charge is -2.14. The molecule has 0 bridgehead atoms. The van der Waals surface area contributed by atoms with Gasteiger partial charge >= 0.3 is 0 Å². The third-order valence-electron chi connectivity index (χ3n) is 5.52. The Labute approximate surface area is 192 Å². The Morgan fingerprint density at radius 2 is 1.97 bits per heavy atom. The summed E-state index contributed by atoms with van der Waals surface area (Å²) in [5.41, 5.74) is 1.53. The van der Waals surface area contributed by atoms with E-state index in [-0.39, 0.29) is 16.8 Å². The Hall–Kier alpha value is -3.70. The Morgan fingerprint density at radius 1 is 1.18 bits per heavy atom. The molecule has 0 spiro atoms. The summed E-state index contributed by atoms with van der Waals surface area (Å²) in [5, 5.41) is 7.94. The maximum atomic E-state index is 15.3. The second kappa shape index (κ2) is 8.34. The average molecular weight is 471 g/mol. The monoisotopic (exact) mass is 470 g/mol. The number of methoxy groups -OCH3 is 2. The lowest BCUT2D eigenvalue weighted by molar-refractivity contribution is 0.166. The first-order chi connectivity index (χ1) is 16.0. The first kappa shape index (κ1) is 21.2. The van der Waals surface area contributed by atoms with Crippen LogP contribution in [-0.2, 0) is 11.8 Å². The minimum atomic E-state index is -0.590. The molecule has 1 N–H and O–H groups in total. The van der Waals surface area contributed by atoms with Gasteiger partial charge in [0, 0.05) is 44.3 Å². The number of rotatable bonds is 7. The van der Waals surface area contributed by atoms with Crippen molar-refractivity contribution in [3.8, 4) is 23.0 Å². The first-order valence-corrected chi connectivity index (χ1v) is 10.3. The molecule has 33 heavy (non-hydrogen) atoms. The zero-order chi connectivity index (χ0) is 23.1. The van der Waals surface area contributed by atoms with Gasteiger partial charge in [0.2, 0.25) is 0 Å². The zero-order valence-corrected chi connectivity index (χ0v) is 18.8. The van der Waals surface area contributed by atoms with Gasteiger partial charge in [-0.1, -0.05) is 11.6 Å². The van der Waals surface area contributed by atoms with E-state index in [1.54, 1.807) is 60.6 Å². The van der Waals surface area contributed by atoms with Gasteiger partial charge in [-0.15, -0.1) is 0 Å². The molecular weight excluding hydrogens is 451 g/mol. The molecular formula is C21H20ClFN8O2. The van der Waals surface area contributed by atoms with E-state index >= 15 is 4.39 Å². The molecule has 4 heterocycles. The van der Waals surface area contributed by atoms with Crippen LogP contribution < -0.4 is 4.74 Å². The third kappa shape index (κ3) is 3.36. The predicted molar refractivity (Wildman–Crippen MR) is 119 cm³/mol. The summed E-state index contributed by atoms with van der Waals surface area (Å²) in [6.07, 6.45) is 10.2. The summed E-state index contributed by atoms with van der Waals surface area (Å²) in [6.45, 7) is 0.357. The van der Waals surface area contributed by atoms with E-state index < -0.39 is 5.82 Å². The maximum Gasteiger partial charge on any atom is 0.200 e. The Kier molecular flexibility index (Phi) is 5.35. The highest BCUT2D eigenvalue weighted by atomic mass is 35.5. The van der Waals surface area contributed by atoms with E-state index in [0.717, 1.165) is 0 Å². The van der Waals surface area contributed by atoms with Crippen molar-refractivity contribution >= 4 is 22.5 Å². The average Bonchev–Trinajstić information content (AvgIpc) is 3.61. The summed E-state index contributed by atoms with van der Waals surface area (Å²) in [4.78, 5) is 13.0. The number of aromatic nitrogens is 8. The number of hydrogen-bond donors (Lipinski definition) is 1. The smallest absolute Gasteiger partial charge is 0.200 e. The molecule has 0 fully saturated rings. The third-order valence-corrected chi connectivity index (χ3v) is 5.87. The lowest BCUT2D eigenvalue weighted by Crippen LogP contribution is -2.16. The molecule has 1 aromatic carbocycles. The molecule has 12 heteroatoms. The largest absolute Gasteiger partial charge is 0.495 e. The number of aryl methyl sites for hydroxylation is 1. The van der Waals surface area contributed by atoms with Crippen LogP contribution in [0.5, 0.6) is 5.75 Å². The topological polar surface area (TPSA) is 101 Å². The second-order valence-electron chi connectivity index (χ2n) is 7.35. The predicted octanol–water partition coefficient (Wildman–Crippen LogP) is 3.38. The molecule has 0 radical (unpaired) electrons. The summed E-state index contributed by atoms with van der Waals surface area (Å²) >= 11 is 6.22. The van der Waals surface area contributed by atoms with Crippen LogP contribution in [0.3, 0.4) is 0 Å². The van der Waals surface area contributed by atoms with Crippen LogP contribution in [0.1, 0.15) is 11.9 Å². The molecule has 0 saturated carbocycles. The van der Waals surface area contributed by atoms with Crippen LogP contribution in [0.4, 0.5) is 4.39 Å². The fourth-order valence-corrected chi connectivity index (χ4v) is 4.23. The highest BCUT2D eigenvalue weighted by molar-refractivity contribution is 6.33. The number of nitrogens with one attached hydrogen (secondary N) is 1. The molecule has 0 amide bonds. The van der Waals surface area contributed by atoms with E-state index in [1.807, 2.05) is 10.8 Å². The molecule has 0 aliphatic carbocycles. The molecule has 0 saturated heterocycles. The van der Waals surface area contributed by atoms with Crippen molar-refractivity contribution in [1.82, 2.24) is 38.9 Å². The van der Waals surface area contributed by atoms with Crippen LogP contribution in [0.25, 0.3) is 28.1 Å². The number of H-pyrrole nitrogens is 1. The van der Waals surface area contributed by atoms with Crippen molar-refractivity contribution in [2.24, 2.45) is 7.05 Å². The highest BCUT2D eigenvalue weighted by Gasteiger charge is 2.27. The summed E-state index contributed by atoms with van der Waals surface area (Å²) in [5.74, 6) is 0.592. The van der Waals surface area contributed by atoms with Gasteiger partial charge in [0.1, 0.15) is 22.5 Å². The fourth-order valence-electron chi connectivity index (χ4n) is 4.00. The summed E-state index contributed by atoms with van der Waals surface area (Å²) < 4.78 is 31.4. The number of nitrogens with zero attached hydrogens (tertiary/aromatic N) is 7. The van der Waals surface area contributed by atoms with Gasteiger partial charge in [-0.25, -0.2) is 19.3 Å². The van der Waals surface area contributed by atoms with Crippen molar-refractivity contribution in [3.63, 3.8) is 0 Å². The van der Waals surface area contributed by atoms with Crippen LogP contribution in [-0.4, -0.2) is 59.7 Å².